The second kappa shape index (κ2) is 7.76. The van der Waals surface area contributed by atoms with Crippen molar-refractivity contribution in [2.75, 3.05) is 18.8 Å². The molecule has 0 bridgehead atoms. The minimum Gasteiger partial charge on any atom is -0.411 e. The van der Waals surface area contributed by atoms with Gasteiger partial charge in [-0.05, 0) is 18.2 Å². The lowest BCUT2D eigenvalue weighted by atomic mass is 10.2. The van der Waals surface area contributed by atoms with E-state index in [0.29, 0.717) is 35.5 Å². The number of hydrogen-bond acceptors (Lipinski definition) is 6. The summed E-state index contributed by atoms with van der Waals surface area (Å²) in [6.07, 6.45) is 1.74. The highest BCUT2D eigenvalue weighted by atomic mass is 32.2. The van der Waals surface area contributed by atoms with Crippen LogP contribution in [0.15, 0.2) is 51.5 Å². The average Bonchev–Trinajstić information content (AvgIpc) is 3.03. The van der Waals surface area contributed by atoms with Crippen LogP contribution in [-0.4, -0.2) is 41.8 Å². The van der Waals surface area contributed by atoms with E-state index in [1.165, 1.54) is 16.1 Å². The highest BCUT2D eigenvalue weighted by molar-refractivity contribution is 7.99. The summed E-state index contributed by atoms with van der Waals surface area (Å²) in [7, 11) is -3.51. The summed E-state index contributed by atoms with van der Waals surface area (Å²) in [6.45, 7) is 8.10. The molecule has 1 aromatic carbocycles. The largest absolute Gasteiger partial charge is 0.411 e. The predicted octanol–water partition coefficient (Wildman–Crippen LogP) is 3.05. The van der Waals surface area contributed by atoms with Crippen LogP contribution in [-0.2, 0) is 10.0 Å². The van der Waals surface area contributed by atoms with Gasteiger partial charge in [0.05, 0.1) is 4.90 Å². The number of thioether (sulfide) groups is 1. The Labute approximate surface area is 140 Å². The molecule has 0 fully saturated rings. The summed E-state index contributed by atoms with van der Waals surface area (Å²) in [4.78, 5) is 0.220. The lowest BCUT2D eigenvalue weighted by Gasteiger charge is -2.18. The Morgan fingerprint density at radius 1 is 1.30 bits per heavy atom. The number of hydrogen-bond donors (Lipinski definition) is 0. The predicted molar refractivity (Wildman–Crippen MR) is 90.8 cm³/mol. The van der Waals surface area contributed by atoms with Crippen molar-refractivity contribution in [3.8, 4) is 11.5 Å². The maximum absolute atomic E-state index is 12.6. The first-order valence-electron chi connectivity index (χ1n) is 7.20. The summed E-state index contributed by atoms with van der Waals surface area (Å²) in [5.74, 6) is 0.964. The second-order valence-electron chi connectivity index (χ2n) is 4.59. The van der Waals surface area contributed by atoms with Gasteiger partial charge in [0.1, 0.15) is 0 Å². The van der Waals surface area contributed by atoms with E-state index in [-0.39, 0.29) is 4.90 Å². The fourth-order valence-electron chi connectivity index (χ4n) is 2.02. The zero-order chi connectivity index (χ0) is 16.9. The van der Waals surface area contributed by atoms with Gasteiger partial charge in [-0.1, -0.05) is 37.8 Å². The molecule has 0 atom stereocenters. The summed E-state index contributed by atoms with van der Waals surface area (Å²) >= 11 is 1.37. The molecule has 0 aliphatic carbocycles. The van der Waals surface area contributed by atoms with Gasteiger partial charge >= 0.3 is 0 Å². The molecule has 0 aliphatic heterocycles. The fourth-order valence-corrected chi connectivity index (χ4v) is 4.02. The van der Waals surface area contributed by atoms with Crippen molar-refractivity contribution in [2.24, 2.45) is 0 Å². The molecule has 0 unspecified atom stereocenters. The van der Waals surface area contributed by atoms with Crippen molar-refractivity contribution < 1.29 is 12.8 Å². The fraction of sp³-hybridized carbons (Fsp3) is 0.333. The van der Waals surface area contributed by atoms with Gasteiger partial charge in [-0.3, -0.25) is 0 Å². The molecule has 1 heterocycles. The molecule has 2 aromatic rings. The van der Waals surface area contributed by atoms with Gasteiger partial charge in [0.2, 0.25) is 15.9 Å². The molecule has 2 rings (SSSR count). The number of nitrogens with zero attached hydrogens (tertiary/aromatic N) is 3. The van der Waals surface area contributed by atoms with E-state index < -0.39 is 10.0 Å². The molecule has 23 heavy (non-hydrogen) atoms. The Balaban J connectivity index is 2.33. The molecule has 8 heteroatoms. The van der Waals surface area contributed by atoms with E-state index in [1.54, 1.807) is 30.3 Å². The molecule has 0 radical (unpaired) electrons. The van der Waals surface area contributed by atoms with Crippen molar-refractivity contribution in [1.82, 2.24) is 14.5 Å². The second-order valence-corrected chi connectivity index (χ2v) is 7.50. The monoisotopic (exact) mass is 353 g/mol. The van der Waals surface area contributed by atoms with Crippen LogP contribution in [0.25, 0.3) is 11.5 Å². The lowest BCUT2D eigenvalue weighted by Crippen LogP contribution is -2.30. The third kappa shape index (κ3) is 4.01. The first kappa shape index (κ1) is 17.7. The van der Waals surface area contributed by atoms with Crippen LogP contribution >= 0.6 is 11.8 Å². The number of aromatic nitrogens is 2. The SMILES string of the molecule is C=CCSc1nnc(-c2cccc(S(=O)(=O)N(CC)CC)c2)o1. The zero-order valence-corrected chi connectivity index (χ0v) is 14.7. The van der Waals surface area contributed by atoms with E-state index in [0.717, 1.165) is 0 Å². The molecule has 0 N–H and O–H groups in total. The van der Waals surface area contributed by atoms with E-state index in [2.05, 4.69) is 16.8 Å². The smallest absolute Gasteiger partial charge is 0.277 e. The summed E-state index contributed by atoms with van der Waals surface area (Å²) < 4.78 is 32.1. The van der Waals surface area contributed by atoms with Gasteiger partial charge in [-0.15, -0.1) is 16.8 Å². The van der Waals surface area contributed by atoms with Crippen LogP contribution in [0.1, 0.15) is 13.8 Å². The number of benzene rings is 1. The normalized spacial score (nSPS) is 11.8. The zero-order valence-electron chi connectivity index (χ0n) is 13.1. The lowest BCUT2D eigenvalue weighted by molar-refractivity contribution is 0.445. The highest BCUT2D eigenvalue weighted by Gasteiger charge is 2.22. The van der Waals surface area contributed by atoms with Gasteiger partial charge in [0, 0.05) is 24.4 Å². The first-order chi connectivity index (χ1) is 11.0. The van der Waals surface area contributed by atoms with Crippen molar-refractivity contribution in [3.63, 3.8) is 0 Å². The minimum atomic E-state index is -3.51. The molecular weight excluding hydrogens is 334 g/mol. The Bertz CT molecular complexity index is 768. The molecule has 1 aromatic heterocycles. The third-order valence-electron chi connectivity index (χ3n) is 3.16. The van der Waals surface area contributed by atoms with Crippen LogP contribution < -0.4 is 0 Å². The van der Waals surface area contributed by atoms with Gasteiger partial charge in [-0.25, -0.2) is 8.42 Å². The summed E-state index contributed by atoms with van der Waals surface area (Å²) in [5.41, 5.74) is 0.580. The Morgan fingerprint density at radius 2 is 2.04 bits per heavy atom. The van der Waals surface area contributed by atoms with Gasteiger partial charge in [0.15, 0.2) is 0 Å². The average molecular weight is 353 g/mol. The molecule has 124 valence electrons. The Kier molecular flexibility index (Phi) is 5.97. The van der Waals surface area contributed by atoms with E-state index in [4.69, 9.17) is 4.42 Å². The van der Waals surface area contributed by atoms with Crippen LogP contribution in [0.4, 0.5) is 0 Å². The molecule has 6 nitrogen and oxygen atoms in total. The van der Waals surface area contributed by atoms with Gasteiger partial charge in [-0.2, -0.15) is 4.31 Å². The quantitative estimate of drug-likeness (QED) is 0.536. The van der Waals surface area contributed by atoms with Crippen LogP contribution in [0.2, 0.25) is 0 Å². The van der Waals surface area contributed by atoms with Crippen molar-refractivity contribution in [2.45, 2.75) is 24.0 Å². The number of sulfonamides is 1. The molecule has 0 aliphatic rings. The van der Waals surface area contributed by atoms with Crippen molar-refractivity contribution in [1.29, 1.82) is 0 Å². The van der Waals surface area contributed by atoms with E-state index >= 15 is 0 Å². The van der Waals surface area contributed by atoms with Crippen LogP contribution in [0.5, 0.6) is 0 Å². The standard InChI is InChI=1S/C15H19N3O3S2/c1-4-10-22-15-17-16-14(21-15)12-8-7-9-13(11-12)23(19,20)18(5-2)6-3/h4,7-9,11H,1,5-6,10H2,2-3H3. The highest BCUT2D eigenvalue weighted by Crippen LogP contribution is 2.26. The molecular formula is C15H19N3O3S2. The molecule has 0 spiro atoms. The topological polar surface area (TPSA) is 76.3 Å². The molecule has 0 saturated carbocycles. The van der Waals surface area contributed by atoms with E-state index in [1.807, 2.05) is 13.8 Å². The maximum Gasteiger partial charge on any atom is 0.277 e. The van der Waals surface area contributed by atoms with Crippen LogP contribution in [0.3, 0.4) is 0 Å². The molecule has 0 amide bonds. The maximum atomic E-state index is 12.6. The van der Waals surface area contributed by atoms with Crippen LogP contribution in [0, 0.1) is 0 Å². The Morgan fingerprint density at radius 3 is 2.70 bits per heavy atom. The Hall–Kier alpha value is -1.64. The summed E-state index contributed by atoms with van der Waals surface area (Å²) in [6, 6.07) is 6.55. The molecule has 0 saturated heterocycles. The minimum absolute atomic E-state index is 0.220. The van der Waals surface area contributed by atoms with E-state index in [9.17, 15) is 8.42 Å². The van der Waals surface area contributed by atoms with Gasteiger partial charge < -0.3 is 4.42 Å². The number of rotatable bonds is 8. The van der Waals surface area contributed by atoms with Gasteiger partial charge in [0.25, 0.3) is 5.22 Å². The first-order valence-corrected chi connectivity index (χ1v) is 9.63. The third-order valence-corrected chi connectivity index (χ3v) is 6.02. The summed E-state index contributed by atoms with van der Waals surface area (Å²) in [5, 5.41) is 8.32. The van der Waals surface area contributed by atoms with Crippen molar-refractivity contribution >= 4 is 21.8 Å². The van der Waals surface area contributed by atoms with Crippen molar-refractivity contribution in [3.05, 3.63) is 36.9 Å².